The molecule has 37 heavy (non-hydrogen) atoms. The van der Waals surface area contributed by atoms with Crippen molar-refractivity contribution in [2.45, 2.75) is 106 Å². The van der Waals surface area contributed by atoms with E-state index in [1.54, 1.807) is 0 Å². The van der Waals surface area contributed by atoms with Gasteiger partial charge in [-0.05, 0) is 65.8 Å². The van der Waals surface area contributed by atoms with Crippen LogP contribution in [-0.4, -0.2) is 50.8 Å². The van der Waals surface area contributed by atoms with E-state index in [1.165, 1.54) is 6.92 Å². The Morgan fingerprint density at radius 2 is 1.65 bits per heavy atom. The molecule has 0 aliphatic heterocycles. The van der Waals surface area contributed by atoms with Crippen molar-refractivity contribution in [2.75, 3.05) is 0 Å². The lowest BCUT2D eigenvalue weighted by atomic mass is 9.42. The number of carboxylic acid groups (broad SMARTS) is 1. The summed E-state index contributed by atoms with van der Waals surface area (Å²) in [6.45, 7) is 13.4. The second-order valence-corrected chi connectivity index (χ2v) is 13.9. The first-order valence-corrected chi connectivity index (χ1v) is 13.8. The average Bonchev–Trinajstić information content (AvgIpc) is 2.99. The number of fused-ring (bicyclic) bond motifs is 4. The third-order valence-electron chi connectivity index (χ3n) is 11.6. The summed E-state index contributed by atoms with van der Waals surface area (Å²) in [5.74, 6) is -2.45. The molecule has 4 rings (SSSR count). The summed E-state index contributed by atoms with van der Waals surface area (Å²) in [4.78, 5) is 51.9. The molecule has 0 saturated heterocycles. The fourth-order valence-corrected chi connectivity index (χ4v) is 9.12. The van der Waals surface area contributed by atoms with Crippen molar-refractivity contribution in [1.29, 1.82) is 0 Å². The summed E-state index contributed by atoms with van der Waals surface area (Å²) >= 11 is 0. The molecule has 0 amide bonds. The van der Waals surface area contributed by atoms with Gasteiger partial charge in [0.2, 0.25) is 0 Å². The van der Waals surface area contributed by atoms with E-state index in [9.17, 15) is 34.5 Å². The zero-order chi connectivity index (χ0) is 27.9. The van der Waals surface area contributed by atoms with Crippen LogP contribution in [0.5, 0.6) is 0 Å². The molecule has 4 aliphatic rings. The molecule has 0 aromatic heterocycles. The van der Waals surface area contributed by atoms with E-state index in [-0.39, 0.29) is 60.8 Å². The molecule has 3 N–H and O–H groups in total. The minimum Gasteiger partial charge on any atom is -0.481 e. The predicted molar refractivity (Wildman–Crippen MR) is 137 cm³/mol. The summed E-state index contributed by atoms with van der Waals surface area (Å²) in [7, 11) is 0. The standard InChI is InChI=1S/C30H44O7/c1-15(10-17(31)11-16(2)26(36)37)18-12-23(35)30(7)25-19(32)13-21-27(3,4)22(34)8-9-28(21,5)24(25)20(33)14-29(18,30)6/h15-16,18-19,21-22,32,34H,8-14H2,1-7H3,(H,36,37)/t15-,16+,18+,19-,21-,22-,28-,29+,30-/m0/s1. The Morgan fingerprint density at radius 1 is 1.03 bits per heavy atom. The van der Waals surface area contributed by atoms with Gasteiger partial charge in [-0.2, -0.15) is 0 Å². The minimum absolute atomic E-state index is 0.00871. The Hall–Kier alpha value is -1.86. The number of carboxylic acids is 1. The van der Waals surface area contributed by atoms with Crippen molar-refractivity contribution in [3.8, 4) is 0 Å². The summed E-state index contributed by atoms with van der Waals surface area (Å²) in [6.07, 6.45) is 0.671. The number of hydrogen-bond acceptors (Lipinski definition) is 6. The zero-order valence-corrected chi connectivity index (χ0v) is 23.4. The van der Waals surface area contributed by atoms with E-state index in [0.717, 1.165) is 0 Å². The molecule has 7 heteroatoms. The molecular weight excluding hydrogens is 472 g/mol. The summed E-state index contributed by atoms with van der Waals surface area (Å²) in [5, 5.41) is 31.6. The zero-order valence-electron chi connectivity index (χ0n) is 23.4. The number of aliphatic hydroxyl groups excluding tert-OH is 2. The van der Waals surface area contributed by atoms with Gasteiger partial charge in [-0.3, -0.25) is 19.2 Å². The van der Waals surface area contributed by atoms with E-state index >= 15 is 0 Å². The molecule has 0 unspecified atom stereocenters. The SMILES string of the molecule is C[C@H](CC(=O)C[C@H](C)[C@H]1CC(=O)[C@@]2(C)C3=C(C(=O)C[C@]12C)[C@@]1(C)CC[C@H](O)C(C)(C)[C@@H]1C[C@@H]3O)C(=O)O. The molecule has 0 aromatic carbocycles. The van der Waals surface area contributed by atoms with Crippen molar-refractivity contribution in [3.63, 3.8) is 0 Å². The van der Waals surface area contributed by atoms with Gasteiger partial charge >= 0.3 is 5.97 Å². The highest BCUT2D eigenvalue weighted by atomic mass is 16.4. The van der Waals surface area contributed by atoms with Gasteiger partial charge in [0.05, 0.1) is 23.5 Å². The van der Waals surface area contributed by atoms with Crippen LogP contribution in [0.4, 0.5) is 0 Å². The molecule has 0 radical (unpaired) electrons. The fraction of sp³-hybridized carbons (Fsp3) is 0.800. The van der Waals surface area contributed by atoms with Crippen LogP contribution in [0.1, 0.15) is 93.4 Å². The van der Waals surface area contributed by atoms with Crippen LogP contribution >= 0.6 is 0 Å². The van der Waals surface area contributed by atoms with Crippen LogP contribution < -0.4 is 0 Å². The summed E-state index contributed by atoms with van der Waals surface area (Å²) in [5.41, 5.74) is -1.55. The van der Waals surface area contributed by atoms with Crippen molar-refractivity contribution in [3.05, 3.63) is 11.1 Å². The van der Waals surface area contributed by atoms with E-state index in [4.69, 9.17) is 0 Å². The monoisotopic (exact) mass is 516 g/mol. The van der Waals surface area contributed by atoms with Crippen LogP contribution in [0.15, 0.2) is 11.1 Å². The van der Waals surface area contributed by atoms with Crippen LogP contribution in [0.2, 0.25) is 0 Å². The highest BCUT2D eigenvalue weighted by Gasteiger charge is 2.70. The van der Waals surface area contributed by atoms with E-state index in [2.05, 4.69) is 6.92 Å². The number of Topliss-reactive ketones (excluding diaryl/α,β-unsaturated/α-hetero) is 3. The Bertz CT molecular complexity index is 1070. The molecule has 0 spiro atoms. The van der Waals surface area contributed by atoms with Crippen molar-refractivity contribution in [1.82, 2.24) is 0 Å². The molecule has 206 valence electrons. The maximum absolute atomic E-state index is 14.1. The first-order valence-electron chi connectivity index (χ1n) is 13.8. The van der Waals surface area contributed by atoms with Gasteiger partial charge in [0.1, 0.15) is 11.6 Å². The second kappa shape index (κ2) is 8.84. The number of rotatable bonds is 6. The lowest BCUT2D eigenvalue weighted by Gasteiger charge is -2.61. The quantitative estimate of drug-likeness (QED) is 0.484. The molecule has 0 bridgehead atoms. The average molecular weight is 517 g/mol. The Balaban J connectivity index is 1.74. The van der Waals surface area contributed by atoms with Crippen molar-refractivity contribution < 1.29 is 34.5 Å². The van der Waals surface area contributed by atoms with Crippen LogP contribution in [0, 0.1) is 45.3 Å². The molecule has 4 aliphatic carbocycles. The number of hydrogen-bond donors (Lipinski definition) is 3. The number of ketones is 3. The van der Waals surface area contributed by atoms with Crippen LogP contribution in [0.3, 0.4) is 0 Å². The second-order valence-electron chi connectivity index (χ2n) is 13.9. The highest BCUT2D eigenvalue weighted by molar-refractivity contribution is 6.05. The van der Waals surface area contributed by atoms with Gasteiger partial charge in [-0.25, -0.2) is 0 Å². The maximum Gasteiger partial charge on any atom is 0.306 e. The lowest BCUT2D eigenvalue weighted by Crippen LogP contribution is -2.60. The molecule has 2 saturated carbocycles. The van der Waals surface area contributed by atoms with Gasteiger partial charge in [0.15, 0.2) is 5.78 Å². The molecular formula is C30H44O7. The van der Waals surface area contributed by atoms with E-state index < -0.39 is 45.8 Å². The van der Waals surface area contributed by atoms with E-state index in [1.807, 2.05) is 34.6 Å². The van der Waals surface area contributed by atoms with Crippen molar-refractivity contribution >= 4 is 23.3 Å². The van der Waals surface area contributed by atoms with Gasteiger partial charge < -0.3 is 15.3 Å². The summed E-state index contributed by atoms with van der Waals surface area (Å²) in [6, 6.07) is 0. The van der Waals surface area contributed by atoms with E-state index in [0.29, 0.717) is 30.4 Å². The normalized spacial score (nSPS) is 42.5. The molecule has 9 atom stereocenters. The van der Waals surface area contributed by atoms with Gasteiger partial charge in [-0.15, -0.1) is 0 Å². The highest BCUT2D eigenvalue weighted by Crippen LogP contribution is 2.70. The largest absolute Gasteiger partial charge is 0.481 e. The van der Waals surface area contributed by atoms with Gasteiger partial charge in [0.25, 0.3) is 0 Å². The van der Waals surface area contributed by atoms with Gasteiger partial charge in [0, 0.05) is 31.3 Å². The number of aliphatic carboxylic acids is 1. The third kappa shape index (κ3) is 3.82. The maximum atomic E-state index is 14.1. The Labute approximate surface area is 220 Å². The summed E-state index contributed by atoms with van der Waals surface area (Å²) < 4.78 is 0. The number of allylic oxidation sites excluding steroid dienone is 1. The Morgan fingerprint density at radius 3 is 2.24 bits per heavy atom. The molecule has 2 fully saturated rings. The first-order chi connectivity index (χ1) is 16.9. The van der Waals surface area contributed by atoms with Crippen LogP contribution in [-0.2, 0) is 19.2 Å². The molecule has 0 aromatic rings. The third-order valence-corrected chi connectivity index (χ3v) is 11.6. The predicted octanol–water partition coefficient (Wildman–Crippen LogP) is 4.13. The lowest BCUT2D eigenvalue weighted by molar-refractivity contribution is -0.144. The van der Waals surface area contributed by atoms with Crippen molar-refractivity contribution in [2.24, 2.45) is 45.3 Å². The molecule has 0 heterocycles. The number of carbonyl (C=O) groups excluding carboxylic acids is 3. The van der Waals surface area contributed by atoms with Gasteiger partial charge in [-0.1, -0.05) is 41.5 Å². The fourth-order valence-electron chi connectivity index (χ4n) is 9.12. The number of carbonyl (C=O) groups is 4. The Kier molecular flexibility index (Phi) is 6.72. The minimum atomic E-state index is -1.01. The smallest absolute Gasteiger partial charge is 0.306 e. The topological polar surface area (TPSA) is 129 Å². The number of aliphatic hydroxyl groups is 2. The molecule has 7 nitrogen and oxygen atoms in total. The first kappa shape index (κ1) is 28.2. The van der Waals surface area contributed by atoms with Crippen LogP contribution in [0.25, 0.3) is 0 Å².